The molecular weight excluding hydrogens is 189 g/mol. The van der Waals surface area contributed by atoms with E-state index in [0.717, 1.165) is 5.56 Å². The number of rotatable bonds is 3. The van der Waals surface area contributed by atoms with Gasteiger partial charge in [-0.05, 0) is 39.0 Å². The zero-order valence-electron chi connectivity index (χ0n) is 9.73. The molecule has 0 saturated heterocycles. The summed E-state index contributed by atoms with van der Waals surface area (Å²) >= 11 is 0. The highest BCUT2D eigenvalue weighted by atomic mass is 16.4. The minimum atomic E-state index is -1.40. The summed E-state index contributed by atoms with van der Waals surface area (Å²) in [6.45, 7) is 4.19. The predicted molar refractivity (Wildman–Crippen MR) is 63.0 cm³/mol. The lowest BCUT2D eigenvalue weighted by molar-refractivity contribution is 0.198. The van der Waals surface area contributed by atoms with Crippen molar-refractivity contribution in [1.29, 1.82) is 0 Å². The van der Waals surface area contributed by atoms with Gasteiger partial charge >= 0.3 is 7.12 Å². The normalized spacial score (nSPS) is 11.9. The summed E-state index contributed by atoms with van der Waals surface area (Å²) in [6, 6.07) is 7.37. The van der Waals surface area contributed by atoms with Crippen molar-refractivity contribution in [3.63, 3.8) is 0 Å². The topological polar surface area (TPSA) is 43.7 Å². The molecular formula is C11H18BNO2. The quantitative estimate of drug-likeness (QED) is 0.694. The highest BCUT2D eigenvalue weighted by Crippen LogP contribution is 2.23. The van der Waals surface area contributed by atoms with Crippen LogP contribution in [0.25, 0.3) is 0 Å². The van der Waals surface area contributed by atoms with Crippen molar-refractivity contribution < 1.29 is 10.0 Å². The minimum absolute atomic E-state index is 0.120. The van der Waals surface area contributed by atoms with Crippen LogP contribution in [0.5, 0.6) is 0 Å². The molecule has 0 spiro atoms. The van der Waals surface area contributed by atoms with E-state index in [4.69, 9.17) is 10.0 Å². The van der Waals surface area contributed by atoms with Crippen molar-refractivity contribution in [3.8, 4) is 0 Å². The molecule has 1 aromatic carbocycles. The first-order valence-corrected chi connectivity index (χ1v) is 4.99. The molecule has 0 unspecified atom stereocenters. The van der Waals surface area contributed by atoms with E-state index in [9.17, 15) is 0 Å². The Balaban J connectivity index is 3.10. The van der Waals surface area contributed by atoms with E-state index in [-0.39, 0.29) is 5.54 Å². The average Bonchev–Trinajstić information content (AvgIpc) is 2.17. The van der Waals surface area contributed by atoms with Crippen molar-refractivity contribution in [1.82, 2.24) is 4.90 Å². The molecule has 0 aliphatic heterocycles. The van der Waals surface area contributed by atoms with Gasteiger partial charge in [0.1, 0.15) is 0 Å². The summed E-state index contributed by atoms with van der Waals surface area (Å²) in [4.78, 5) is 2.09. The maximum Gasteiger partial charge on any atom is 0.488 e. The fourth-order valence-corrected chi connectivity index (χ4v) is 1.34. The standard InChI is InChI=1S/C11H18BNO2/c1-11(2,13(3)4)9-6-5-7-10(8-9)12(14)15/h5-8,14-15H,1-4H3. The summed E-state index contributed by atoms with van der Waals surface area (Å²) in [5.74, 6) is 0. The molecule has 1 aromatic rings. The van der Waals surface area contributed by atoms with Crippen molar-refractivity contribution in [2.45, 2.75) is 19.4 Å². The minimum Gasteiger partial charge on any atom is -0.423 e. The molecule has 3 nitrogen and oxygen atoms in total. The molecule has 0 fully saturated rings. The van der Waals surface area contributed by atoms with Crippen LogP contribution in [0.15, 0.2) is 24.3 Å². The Hall–Kier alpha value is -0.835. The molecule has 0 aromatic heterocycles. The van der Waals surface area contributed by atoms with E-state index in [1.165, 1.54) is 0 Å². The van der Waals surface area contributed by atoms with Crippen molar-refractivity contribution in [3.05, 3.63) is 29.8 Å². The van der Waals surface area contributed by atoms with Gasteiger partial charge in [-0.15, -0.1) is 0 Å². The fourth-order valence-electron chi connectivity index (χ4n) is 1.34. The van der Waals surface area contributed by atoms with E-state index >= 15 is 0 Å². The van der Waals surface area contributed by atoms with Gasteiger partial charge in [0.25, 0.3) is 0 Å². The molecule has 0 saturated carbocycles. The van der Waals surface area contributed by atoms with Gasteiger partial charge in [-0.1, -0.05) is 24.3 Å². The van der Waals surface area contributed by atoms with Crippen LogP contribution in [0.2, 0.25) is 0 Å². The van der Waals surface area contributed by atoms with Gasteiger partial charge in [0.15, 0.2) is 0 Å². The monoisotopic (exact) mass is 207 g/mol. The van der Waals surface area contributed by atoms with E-state index in [1.807, 2.05) is 32.3 Å². The summed E-state index contributed by atoms with van der Waals surface area (Å²) in [6.07, 6.45) is 0. The van der Waals surface area contributed by atoms with Crippen LogP contribution in [0.1, 0.15) is 19.4 Å². The van der Waals surface area contributed by atoms with E-state index in [0.29, 0.717) is 5.46 Å². The fraction of sp³-hybridized carbons (Fsp3) is 0.455. The van der Waals surface area contributed by atoms with Crippen LogP contribution in [-0.4, -0.2) is 36.2 Å². The number of nitrogens with zero attached hydrogens (tertiary/aromatic N) is 1. The van der Waals surface area contributed by atoms with Gasteiger partial charge < -0.3 is 14.9 Å². The Bertz CT molecular complexity index is 337. The second-order valence-corrected chi connectivity index (χ2v) is 4.45. The lowest BCUT2D eigenvalue weighted by atomic mass is 9.77. The smallest absolute Gasteiger partial charge is 0.423 e. The summed E-state index contributed by atoms with van der Waals surface area (Å²) < 4.78 is 0. The Morgan fingerprint density at radius 1 is 1.20 bits per heavy atom. The van der Waals surface area contributed by atoms with Gasteiger partial charge in [-0.2, -0.15) is 0 Å². The number of hydrogen-bond donors (Lipinski definition) is 2. The molecule has 2 N–H and O–H groups in total. The molecule has 4 heteroatoms. The van der Waals surface area contributed by atoms with Crippen LogP contribution in [0.4, 0.5) is 0 Å². The van der Waals surface area contributed by atoms with Gasteiger partial charge in [-0.3, -0.25) is 0 Å². The first-order valence-electron chi connectivity index (χ1n) is 4.99. The molecule has 0 aliphatic carbocycles. The van der Waals surface area contributed by atoms with Gasteiger partial charge in [0, 0.05) is 5.54 Å². The molecule has 15 heavy (non-hydrogen) atoms. The second-order valence-electron chi connectivity index (χ2n) is 4.45. The number of benzene rings is 1. The Kier molecular flexibility index (Phi) is 3.55. The van der Waals surface area contributed by atoms with E-state index in [1.54, 1.807) is 6.07 Å². The molecule has 0 atom stereocenters. The molecule has 0 bridgehead atoms. The van der Waals surface area contributed by atoms with Crippen LogP contribution in [0.3, 0.4) is 0 Å². The average molecular weight is 207 g/mol. The summed E-state index contributed by atoms with van der Waals surface area (Å²) in [7, 11) is 2.60. The lowest BCUT2D eigenvalue weighted by Crippen LogP contribution is -2.37. The third kappa shape index (κ3) is 2.59. The second kappa shape index (κ2) is 4.35. The first kappa shape index (κ1) is 12.2. The number of hydrogen-bond acceptors (Lipinski definition) is 3. The SMILES string of the molecule is CN(C)C(C)(C)c1cccc(B(O)O)c1. The summed E-state index contributed by atoms with van der Waals surface area (Å²) in [5, 5.41) is 18.2. The van der Waals surface area contributed by atoms with Crippen LogP contribution in [-0.2, 0) is 5.54 Å². The largest absolute Gasteiger partial charge is 0.488 e. The lowest BCUT2D eigenvalue weighted by Gasteiger charge is -2.33. The third-order valence-electron chi connectivity index (χ3n) is 3.01. The van der Waals surface area contributed by atoms with Crippen molar-refractivity contribution in [2.75, 3.05) is 14.1 Å². The predicted octanol–water partition coefficient (Wildman–Crippen LogP) is 0.163. The van der Waals surface area contributed by atoms with Crippen LogP contribution >= 0.6 is 0 Å². The van der Waals surface area contributed by atoms with Crippen LogP contribution < -0.4 is 5.46 Å². The van der Waals surface area contributed by atoms with E-state index < -0.39 is 7.12 Å². The summed E-state index contributed by atoms with van der Waals surface area (Å²) in [5.41, 5.74) is 1.48. The third-order valence-corrected chi connectivity index (χ3v) is 3.01. The van der Waals surface area contributed by atoms with E-state index in [2.05, 4.69) is 18.7 Å². The Labute approximate surface area is 91.5 Å². The molecule has 0 aliphatic rings. The zero-order valence-corrected chi connectivity index (χ0v) is 9.73. The van der Waals surface area contributed by atoms with Crippen molar-refractivity contribution >= 4 is 12.6 Å². The van der Waals surface area contributed by atoms with Gasteiger partial charge in [0.2, 0.25) is 0 Å². The Morgan fingerprint density at radius 3 is 2.27 bits per heavy atom. The highest BCUT2D eigenvalue weighted by Gasteiger charge is 2.24. The molecule has 0 heterocycles. The maximum absolute atomic E-state index is 9.09. The maximum atomic E-state index is 9.09. The molecule has 0 amide bonds. The van der Waals surface area contributed by atoms with Crippen LogP contribution in [0, 0.1) is 0 Å². The Morgan fingerprint density at radius 2 is 1.80 bits per heavy atom. The highest BCUT2D eigenvalue weighted by molar-refractivity contribution is 6.58. The van der Waals surface area contributed by atoms with Gasteiger partial charge in [-0.25, -0.2) is 0 Å². The molecule has 0 radical (unpaired) electrons. The zero-order chi connectivity index (χ0) is 11.6. The first-order chi connectivity index (χ1) is 6.85. The van der Waals surface area contributed by atoms with Crippen molar-refractivity contribution in [2.24, 2.45) is 0 Å². The van der Waals surface area contributed by atoms with Gasteiger partial charge in [0.05, 0.1) is 0 Å². The molecule has 82 valence electrons. The molecule has 1 rings (SSSR count).